The van der Waals surface area contributed by atoms with E-state index in [9.17, 15) is 4.79 Å². The van der Waals surface area contributed by atoms with Gasteiger partial charge in [0.1, 0.15) is 10.3 Å². The third-order valence-corrected chi connectivity index (χ3v) is 2.65. The van der Waals surface area contributed by atoms with Gasteiger partial charge in [0.2, 0.25) is 0 Å². The Morgan fingerprint density at radius 1 is 1.54 bits per heavy atom. The van der Waals surface area contributed by atoms with Crippen LogP contribution >= 0.6 is 11.8 Å². The van der Waals surface area contributed by atoms with E-state index in [1.54, 1.807) is 19.3 Å². The average molecular weight is 198 g/mol. The van der Waals surface area contributed by atoms with Gasteiger partial charge in [-0.05, 0) is 13.8 Å². The summed E-state index contributed by atoms with van der Waals surface area (Å²) >= 11 is 1.21. The SMILES string of the molecule is Cc1nccnc1SC(C)C(=O)O. The molecule has 1 N–H and O–H groups in total. The smallest absolute Gasteiger partial charge is 0.316 e. The maximum absolute atomic E-state index is 10.5. The van der Waals surface area contributed by atoms with Crippen LogP contribution < -0.4 is 0 Å². The summed E-state index contributed by atoms with van der Waals surface area (Å²) in [7, 11) is 0. The van der Waals surface area contributed by atoms with Crippen molar-refractivity contribution in [1.29, 1.82) is 0 Å². The van der Waals surface area contributed by atoms with Crippen molar-refractivity contribution in [2.45, 2.75) is 24.1 Å². The monoisotopic (exact) mass is 198 g/mol. The molecule has 5 heteroatoms. The van der Waals surface area contributed by atoms with Gasteiger partial charge in [0.15, 0.2) is 0 Å². The van der Waals surface area contributed by atoms with E-state index < -0.39 is 11.2 Å². The van der Waals surface area contributed by atoms with Crippen molar-refractivity contribution in [3.63, 3.8) is 0 Å². The Labute approximate surface area is 80.4 Å². The van der Waals surface area contributed by atoms with Crippen LogP contribution in [0.15, 0.2) is 17.4 Å². The third kappa shape index (κ3) is 2.69. The van der Waals surface area contributed by atoms with Gasteiger partial charge in [0, 0.05) is 12.4 Å². The van der Waals surface area contributed by atoms with E-state index in [1.165, 1.54) is 11.8 Å². The molecule has 70 valence electrons. The fourth-order valence-corrected chi connectivity index (χ4v) is 1.51. The predicted molar refractivity (Wildman–Crippen MR) is 49.7 cm³/mol. The summed E-state index contributed by atoms with van der Waals surface area (Å²) in [6.07, 6.45) is 3.15. The fraction of sp³-hybridized carbons (Fsp3) is 0.375. The molecule has 0 amide bonds. The number of rotatable bonds is 3. The van der Waals surface area contributed by atoms with E-state index in [0.29, 0.717) is 5.03 Å². The first-order valence-electron chi connectivity index (χ1n) is 3.78. The first-order valence-corrected chi connectivity index (χ1v) is 4.66. The lowest BCUT2D eigenvalue weighted by Gasteiger charge is -2.05. The minimum absolute atomic E-state index is 0.490. The van der Waals surface area contributed by atoms with Crippen LogP contribution in [0.1, 0.15) is 12.6 Å². The maximum Gasteiger partial charge on any atom is 0.316 e. The molecular formula is C8H10N2O2S. The summed E-state index contributed by atoms with van der Waals surface area (Å²) < 4.78 is 0. The van der Waals surface area contributed by atoms with Crippen molar-refractivity contribution >= 4 is 17.7 Å². The van der Waals surface area contributed by atoms with E-state index in [2.05, 4.69) is 9.97 Å². The van der Waals surface area contributed by atoms with Crippen LogP contribution in [-0.4, -0.2) is 26.3 Å². The Balaban J connectivity index is 2.74. The summed E-state index contributed by atoms with van der Waals surface area (Å²) in [5.74, 6) is -0.838. The lowest BCUT2D eigenvalue weighted by molar-refractivity contribution is -0.136. The topological polar surface area (TPSA) is 63.1 Å². The van der Waals surface area contributed by atoms with Gasteiger partial charge in [0.25, 0.3) is 0 Å². The van der Waals surface area contributed by atoms with E-state index in [1.807, 2.05) is 6.92 Å². The van der Waals surface area contributed by atoms with Gasteiger partial charge in [-0.25, -0.2) is 4.98 Å². The summed E-state index contributed by atoms with van der Waals surface area (Å²) in [5.41, 5.74) is 0.764. The zero-order valence-electron chi connectivity index (χ0n) is 7.39. The molecule has 0 spiro atoms. The van der Waals surface area contributed by atoms with Crippen LogP contribution in [0.5, 0.6) is 0 Å². The molecule has 1 aromatic rings. The number of carboxylic acid groups (broad SMARTS) is 1. The number of hydrogen-bond donors (Lipinski definition) is 1. The highest BCUT2D eigenvalue weighted by Gasteiger charge is 2.14. The lowest BCUT2D eigenvalue weighted by Crippen LogP contribution is -2.11. The molecule has 1 atom stereocenters. The number of carbonyl (C=O) groups is 1. The molecule has 4 nitrogen and oxygen atoms in total. The summed E-state index contributed by atoms with van der Waals surface area (Å²) in [4.78, 5) is 18.6. The lowest BCUT2D eigenvalue weighted by atomic mass is 10.5. The van der Waals surface area contributed by atoms with Crippen molar-refractivity contribution in [3.05, 3.63) is 18.1 Å². The van der Waals surface area contributed by atoms with Crippen molar-refractivity contribution in [1.82, 2.24) is 9.97 Å². The molecule has 1 unspecified atom stereocenters. The van der Waals surface area contributed by atoms with E-state index in [4.69, 9.17) is 5.11 Å². The zero-order valence-corrected chi connectivity index (χ0v) is 8.21. The van der Waals surface area contributed by atoms with Crippen molar-refractivity contribution in [2.75, 3.05) is 0 Å². The number of carboxylic acids is 1. The zero-order chi connectivity index (χ0) is 9.84. The molecule has 0 aromatic carbocycles. The van der Waals surface area contributed by atoms with Gasteiger partial charge < -0.3 is 5.11 Å². The van der Waals surface area contributed by atoms with Crippen molar-refractivity contribution in [2.24, 2.45) is 0 Å². The molecular weight excluding hydrogens is 188 g/mol. The molecule has 0 aliphatic carbocycles. The molecule has 0 aliphatic rings. The number of aliphatic carboxylic acids is 1. The predicted octanol–water partition coefficient (Wildman–Crippen LogP) is 1.35. The Hall–Kier alpha value is -1.10. The third-order valence-electron chi connectivity index (χ3n) is 1.47. The molecule has 1 heterocycles. The van der Waals surface area contributed by atoms with Crippen LogP contribution in [-0.2, 0) is 4.79 Å². The second-order valence-electron chi connectivity index (χ2n) is 2.55. The first kappa shape index (κ1) is 9.98. The average Bonchev–Trinajstić information content (AvgIpc) is 2.08. The highest BCUT2D eigenvalue weighted by molar-refractivity contribution is 8.00. The minimum Gasteiger partial charge on any atom is -0.480 e. The quantitative estimate of drug-likeness (QED) is 0.743. The fourth-order valence-electron chi connectivity index (χ4n) is 0.728. The Morgan fingerprint density at radius 2 is 2.15 bits per heavy atom. The molecule has 0 fully saturated rings. The van der Waals surface area contributed by atoms with Crippen LogP contribution in [0, 0.1) is 6.92 Å². The van der Waals surface area contributed by atoms with Gasteiger partial charge in [-0.15, -0.1) is 0 Å². The number of aromatic nitrogens is 2. The second kappa shape index (κ2) is 4.23. The Bertz CT molecular complexity index is 317. The Morgan fingerprint density at radius 3 is 2.69 bits per heavy atom. The highest BCUT2D eigenvalue weighted by Crippen LogP contribution is 2.22. The molecule has 13 heavy (non-hydrogen) atoms. The first-order chi connectivity index (χ1) is 6.11. The molecule has 0 saturated carbocycles. The van der Waals surface area contributed by atoms with Gasteiger partial charge >= 0.3 is 5.97 Å². The molecule has 0 radical (unpaired) electrons. The minimum atomic E-state index is -0.838. The number of nitrogens with zero attached hydrogens (tertiary/aromatic N) is 2. The molecule has 0 saturated heterocycles. The van der Waals surface area contributed by atoms with Gasteiger partial charge in [-0.2, -0.15) is 0 Å². The number of thioether (sulfide) groups is 1. The van der Waals surface area contributed by atoms with Crippen LogP contribution in [0.2, 0.25) is 0 Å². The normalized spacial score (nSPS) is 12.5. The summed E-state index contributed by atoms with van der Waals surface area (Å²) in [6, 6.07) is 0. The van der Waals surface area contributed by atoms with E-state index in [-0.39, 0.29) is 0 Å². The van der Waals surface area contributed by atoms with Gasteiger partial charge in [-0.1, -0.05) is 11.8 Å². The Kier molecular flexibility index (Phi) is 3.25. The number of aryl methyl sites for hydroxylation is 1. The van der Waals surface area contributed by atoms with Crippen molar-refractivity contribution in [3.8, 4) is 0 Å². The van der Waals surface area contributed by atoms with Crippen LogP contribution in [0.4, 0.5) is 0 Å². The second-order valence-corrected chi connectivity index (χ2v) is 3.87. The largest absolute Gasteiger partial charge is 0.480 e. The van der Waals surface area contributed by atoms with Gasteiger partial charge in [-0.3, -0.25) is 9.78 Å². The van der Waals surface area contributed by atoms with E-state index in [0.717, 1.165) is 5.69 Å². The molecule has 0 aliphatic heterocycles. The molecule has 0 bridgehead atoms. The van der Waals surface area contributed by atoms with Gasteiger partial charge in [0.05, 0.1) is 5.69 Å². The van der Waals surface area contributed by atoms with E-state index >= 15 is 0 Å². The maximum atomic E-state index is 10.5. The molecule has 1 rings (SSSR count). The number of hydrogen-bond acceptors (Lipinski definition) is 4. The van der Waals surface area contributed by atoms with Crippen LogP contribution in [0.3, 0.4) is 0 Å². The summed E-state index contributed by atoms with van der Waals surface area (Å²) in [5, 5.41) is 8.85. The van der Waals surface area contributed by atoms with Crippen LogP contribution in [0.25, 0.3) is 0 Å². The summed E-state index contributed by atoms with van der Waals surface area (Å²) in [6.45, 7) is 3.44. The molecule has 1 aromatic heterocycles. The van der Waals surface area contributed by atoms with Crippen molar-refractivity contribution < 1.29 is 9.90 Å². The highest BCUT2D eigenvalue weighted by atomic mass is 32.2. The standard InChI is InChI=1S/C8H10N2O2S/c1-5-7(10-4-3-9-5)13-6(2)8(11)12/h3-4,6H,1-2H3,(H,11,12).